The Balaban J connectivity index is 1.76. The SMILES string of the molecule is Cc1cc(O)cc(C)c1CC(N)C(=O)N[C@H](C)C(=O)NCCCc1ccc(N(C)C)cc1. The zero-order valence-corrected chi connectivity index (χ0v) is 19.7. The van der Waals surface area contributed by atoms with Gasteiger partial charge in [0.1, 0.15) is 11.8 Å². The van der Waals surface area contributed by atoms with Gasteiger partial charge >= 0.3 is 0 Å². The number of carbonyl (C=O) groups is 2. The molecule has 7 nitrogen and oxygen atoms in total. The molecule has 0 aliphatic heterocycles. The van der Waals surface area contributed by atoms with E-state index >= 15 is 0 Å². The molecule has 0 aromatic heterocycles. The van der Waals surface area contributed by atoms with Crippen LogP contribution in [0.5, 0.6) is 5.75 Å². The van der Waals surface area contributed by atoms with Crippen molar-refractivity contribution in [3.8, 4) is 5.75 Å². The number of aromatic hydroxyl groups is 1. The van der Waals surface area contributed by atoms with Gasteiger partial charge in [-0.3, -0.25) is 9.59 Å². The zero-order chi connectivity index (χ0) is 23.8. The number of hydrogen-bond acceptors (Lipinski definition) is 5. The molecule has 0 bridgehead atoms. The van der Waals surface area contributed by atoms with E-state index in [-0.39, 0.29) is 17.6 Å². The van der Waals surface area contributed by atoms with Gasteiger partial charge in [0.15, 0.2) is 0 Å². The lowest BCUT2D eigenvalue weighted by Crippen LogP contribution is -2.51. The van der Waals surface area contributed by atoms with Crippen molar-refractivity contribution in [3.05, 3.63) is 58.7 Å². The molecule has 0 heterocycles. The highest BCUT2D eigenvalue weighted by Crippen LogP contribution is 2.21. The van der Waals surface area contributed by atoms with Crippen LogP contribution in [0.1, 0.15) is 35.6 Å². The molecular weight excluding hydrogens is 404 g/mol. The number of rotatable bonds is 10. The van der Waals surface area contributed by atoms with Crippen LogP contribution in [0.4, 0.5) is 5.69 Å². The van der Waals surface area contributed by atoms with Gasteiger partial charge in [0.25, 0.3) is 0 Å². The zero-order valence-electron chi connectivity index (χ0n) is 19.7. The summed E-state index contributed by atoms with van der Waals surface area (Å²) >= 11 is 0. The first-order valence-electron chi connectivity index (χ1n) is 11.0. The van der Waals surface area contributed by atoms with Crippen LogP contribution in [-0.2, 0) is 22.4 Å². The third kappa shape index (κ3) is 7.27. The van der Waals surface area contributed by atoms with E-state index in [1.807, 2.05) is 27.9 Å². The largest absolute Gasteiger partial charge is 0.508 e. The summed E-state index contributed by atoms with van der Waals surface area (Å²) in [4.78, 5) is 26.9. The van der Waals surface area contributed by atoms with Crippen molar-refractivity contribution in [2.45, 2.75) is 52.1 Å². The maximum atomic E-state index is 12.5. The van der Waals surface area contributed by atoms with E-state index in [1.165, 1.54) is 5.56 Å². The molecule has 2 aromatic rings. The molecule has 2 amide bonds. The lowest BCUT2D eigenvalue weighted by molar-refractivity contribution is -0.129. The standard InChI is InChI=1S/C25H36N4O3/c1-16-13-21(30)14-17(2)22(16)15-23(26)25(32)28-18(3)24(31)27-12-6-7-19-8-10-20(11-9-19)29(4)5/h8-11,13-14,18,23,30H,6-7,12,15,26H2,1-5H3,(H,27,31)(H,28,32)/t18-,23?/m1/s1. The first kappa shape index (κ1) is 25.2. The van der Waals surface area contributed by atoms with Crippen molar-refractivity contribution in [2.75, 3.05) is 25.5 Å². The topological polar surface area (TPSA) is 108 Å². The Hall–Kier alpha value is -3.06. The maximum absolute atomic E-state index is 12.5. The fourth-order valence-electron chi connectivity index (χ4n) is 3.61. The second-order valence-electron chi connectivity index (χ2n) is 8.55. The normalized spacial score (nSPS) is 12.7. The Kier molecular flexibility index (Phi) is 9.08. The summed E-state index contributed by atoms with van der Waals surface area (Å²) in [6, 6.07) is 10.2. The molecule has 1 unspecified atom stereocenters. The minimum atomic E-state index is -0.780. The summed E-state index contributed by atoms with van der Waals surface area (Å²) in [6.07, 6.45) is 2.02. The molecule has 2 aromatic carbocycles. The van der Waals surface area contributed by atoms with E-state index in [1.54, 1.807) is 19.1 Å². The summed E-state index contributed by atoms with van der Waals surface area (Å²) in [6.45, 7) is 5.93. The molecule has 0 radical (unpaired) electrons. The number of phenols is 1. The van der Waals surface area contributed by atoms with Crippen LogP contribution in [0.3, 0.4) is 0 Å². The average Bonchev–Trinajstić information content (AvgIpc) is 2.73. The van der Waals surface area contributed by atoms with Crippen LogP contribution in [0.2, 0.25) is 0 Å². The van der Waals surface area contributed by atoms with Crippen LogP contribution in [0.25, 0.3) is 0 Å². The molecule has 2 rings (SSSR count). The number of nitrogens with one attached hydrogen (secondary N) is 2. The Labute approximate surface area is 191 Å². The van der Waals surface area contributed by atoms with E-state index in [2.05, 4.69) is 39.8 Å². The van der Waals surface area contributed by atoms with E-state index < -0.39 is 12.1 Å². The van der Waals surface area contributed by atoms with Gasteiger partial charge in [-0.2, -0.15) is 0 Å². The van der Waals surface area contributed by atoms with Crippen molar-refractivity contribution < 1.29 is 14.7 Å². The molecule has 32 heavy (non-hydrogen) atoms. The Bertz CT molecular complexity index is 902. The van der Waals surface area contributed by atoms with Gasteiger partial charge in [-0.1, -0.05) is 12.1 Å². The fraction of sp³-hybridized carbons (Fsp3) is 0.440. The van der Waals surface area contributed by atoms with Gasteiger partial charge in [-0.15, -0.1) is 0 Å². The van der Waals surface area contributed by atoms with Gasteiger partial charge < -0.3 is 26.4 Å². The summed E-state index contributed by atoms with van der Waals surface area (Å²) in [5.74, 6) is -0.413. The van der Waals surface area contributed by atoms with Crippen molar-refractivity contribution in [2.24, 2.45) is 5.73 Å². The highest BCUT2D eigenvalue weighted by Gasteiger charge is 2.21. The number of aryl methyl sites for hydroxylation is 3. The first-order chi connectivity index (χ1) is 15.1. The van der Waals surface area contributed by atoms with Crippen LogP contribution in [0, 0.1) is 13.8 Å². The van der Waals surface area contributed by atoms with E-state index in [0.29, 0.717) is 13.0 Å². The average molecular weight is 441 g/mol. The Morgan fingerprint density at radius 2 is 1.66 bits per heavy atom. The molecular formula is C25H36N4O3. The second-order valence-corrected chi connectivity index (χ2v) is 8.55. The lowest BCUT2D eigenvalue weighted by Gasteiger charge is -2.19. The number of anilines is 1. The van der Waals surface area contributed by atoms with Crippen LogP contribution in [-0.4, -0.2) is 49.6 Å². The number of benzene rings is 2. The minimum Gasteiger partial charge on any atom is -0.508 e. The smallest absolute Gasteiger partial charge is 0.242 e. The van der Waals surface area contributed by atoms with Crippen molar-refractivity contribution in [1.29, 1.82) is 0 Å². The monoisotopic (exact) mass is 440 g/mol. The number of hydrogen-bond donors (Lipinski definition) is 4. The summed E-state index contributed by atoms with van der Waals surface area (Å²) in [5.41, 5.74) is 11.1. The number of phenolic OH excluding ortho intramolecular Hbond substituents is 1. The van der Waals surface area contributed by atoms with E-state index in [4.69, 9.17) is 5.73 Å². The van der Waals surface area contributed by atoms with Crippen molar-refractivity contribution in [1.82, 2.24) is 10.6 Å². The molecule has 0 saturated heterocycles. The molecule has 7 heteroatoms. The summed E-state index contributed by atoms with van der Waals surface area (Å²) in [7, 11) is 4.01. The number of carbonyl (C=O) groups excluding carboxylic acids is 2. The van der Waals surface area contributed by atoms with Crippen LogP contribution < -0.4 is 21.3 Å². The molecule has 0 fully saturated rings. The second kappa shape index (κ2) is 11.5. The quantitative estimate of drug-likeness (QED) is 0.424. The predicted molar refractivity (Wildman–Crippen MR) is 129 cm³/mol. The molecule has 0 saturated carbocycles. The summed E-state index contributed by atoms with van der Waals surface area (Å²) in [5, 5.41) is 15.2. The molecule has 2 atom stereocenters. The summed E-state index contributed by atoms with van der Waals surface area (Å²) < 4.78 is 0. The third-order valence-corrected chi connectivity index (χ3v) is 5.59. The molecule has 174 valence electrons. The predicted octanol–water partition coefficient (Wildman–Crippen LogP) is 2.20. The fourth-order valence-corrected chi connectivity index (χ4v) is 3.61. The van der Waals surface area contributed by atoms with Crippen molar-refractivity contribution >= 4 is 17.5 Å². The van der Waals surface area contributed by atoms with Gasteiger partial charge in [0.05, 0.1) is 6.04 Å². The lowest BCUT2D eigenvalue weighted by atomic mass is 9.96. The van der Waals surface area contributed by atoms with E-state index in [9.17, 15) is 14.7 Å². The molecule has 5 N–H and O–H groups in total. The van der Waals surface area contributed by atoms with Gasteiger partial charge in [0, 0.05) is 26.3 Å². The maximum Gasteiger partial charge on any atom is 0.242 e. The Morgan fingerprint density at radius 3 is 2.22 bits per heavy atom. The van der Waals surface area contributed by atoms with Crippen LogP contribution >= 0.6 is 0 Å². The minimum absolute atomic E-state index is 0.192. The molecule has 0 aliphatic rings. The Morgan fingerprint density at radius 1 is 1.06 bits per heavy atom. The van der Waals surface area contributed by atoms with Crippen molar-refractivity contribution in [3.63, 3.8) is 0 Å². The highest BCUT2D eigenvalue weighted by atomic mass is 16.3. The number of nitrogens with two attached hydrogens (primary N) is 1. The van der Waals surface area contributed by atoms with Gasteiger partial charge in [-0.25, -0.2) is 0 Å². The third-order valence-electron chi connectivity index (χ3n) is 5.59. The first-order valence-corrected chi connectivity index (χ1v) is 11.0. The molecule has 0 aliphatic carbocycles. The number of nitrogens with zero attached hydrogens (tertiary/aromatic N) is 1. The van der Waals surface area contributed by atoms with Gasteiger partial charge in [-0.05, 0) is 86.6 Å². The van der Waals surface area contributed by atoms with Crippen LogP contribution in [0.15, 0.2) is 36.4 Å². The van der Waals surface area contributed by atoms with Gasteiger partial charge in [0.2, 0.25) is 11.8 Å². The number of amides is 2. The molecule has 0 spiro atoms. The highest BCUT2D eigenvalue weighted by molar-refractivity contribution is 5.89. The van der Waals surface area contributed by atoms with E-state index in [0.717, 1.165) is 35.2 Å².